The Labute approximate surface area is 177 Å². The summed E-state index contributed by atoms with van der Waals surface area (Å²) >= 11 is 0. The molecule has 2 aliphatic heterocycles. The summed E-state index contributed by atoms with van der Waals surface area (Å²) in [6, 6.07) is 5.98. The van der Waals surface area contributed by atoms with Crippen molar-refractivity contribution in [2.45, 2.75) is 26.7 Å². The Bertz CT molecular complexity index is 827. The van der Waals surface area contributed by atoms with E-state index in [2.05, 4.69) is 15.1 Å². The number of hydrogen-bond donors (Lipinski definition) is 1. The zero-order chi connectivity index (χ0) is 21.3. The number of carbonyl (C=O) groups is 3. The topological polar surface area (TPSA) is 73.0 Å². The van der Waals surface area contributed by atoms with Crippen LogP contribution in [0.1, 0.15) is 24.0 Å². The lowest BCUT2D eigenvalue weighted by atomic mass is 9.85. The van der Waals surface area contributed by atoms with Gasteiger partial charge in [-0.05, 0) is 37.8 Å². The predicted molar refractivity (Wildman–Crippen MR) is 115 cm³/mol. The van der Waals surface area contributed by atoms with Crippen LogP contribution in [0.5, 0.6) is 0 Å². The zero-order valence-corrected chi connectivity index (χ0v) is 17.8. The molecule has 1 aromatic carbocycles. The number of nitrogens with one attached hydrogen (secondary N) is 1. The van der Waals surface area contributed by atoms with Crippen molar-refractivity contribution in [3.05, 3.63) is 41.5 Å². The fourth-order valence-electron chi connectivity index (χ4n) is 4.69. The van der Waals surface area contributed by atoms with Gasteiger partial charge in [0.2, 0.25) is 17.7 Å². The van der Waals surface area contributed by atoms with Crippen LogP contribution in [-0.2, 0) is 14.4 Å². The Balaban J connectivity index is 1.26. The second kappa shape index (κ2) is 8.70. The molecule has 7 heteroatoms. The van der Waals surface area contributed by atoms with E-state index in [1.165, 1.54) is 4.90 Å². The number of allylic oxidation sites excluding steroid dienone is 2. The largest absolute Gasteiger partial charge is 0.324 e. The van der Waals surface area contributed by atoms with Gasteiger partial charge in [0.25, 0.3) is 0 Å². The SMILES string of the molecule is Cc1cccc(C)c1NC(=O)CN1CCN(CN2C(=O)[C@H]3CC=CC[C@H]3C2=O)CC1. The molecule has 1 aliphatic carbocycles. The van der Waals surface area contributed by atoms with Crippen LogP contribution in [-0.4, -0.2) is 71.8 Å². The molecule has 0 radical (unpaired) electrons. The van der Waals surface area contributed by atoms with Crippen molar-refractivity contribution in [1.29, 1.82) is 0 Å². The van der Waals surface area contributed by atoms with E-state index < -0.39 is 0 Å². The van der Waals surface area contributed by atoms with E-state index in [9.17, 15) is 14.4 Å². The number of amides is 3. The molecule has 0 aromatic heterocycles. The van der Waals surface area contributed by atoms with Crippen molar-refractivity contribution in [3.8, 4) is 0 Å². The summed E-state index contributed by atoms with van der Waals surface area (Å²) < 4.78 is 0. The summed E-state index contributed by atoms with van der Waals surface area (Å²) in [5.41, 5.74) is 3.01. The third-order valence-electron chi connectivity index (χ3n) is 6.52. The van der Waals surface area contributed by atoms with E-state index in [0.717, 1.165) is 43.0 Å². The first-order valence-corrected chi connectivity index (χ1v) is 10.7. The highest BCUT2D eigenvalue weighted by Crippen LogP contribution is 2.35. The lowest BCUT2D eigenvalue weighted by molar-refractivity contribution is -0.142. The summed E-state index contributed by atoms with van der Waals surface area (Å²) in [7, 11) is 0. The van der Waals surface area contributed by atoms with Gasteiger partial charge in [0.1, 0.15) is 0 Å². The maximum absolute atomic E-state index is 12.6. The number of hydrogen-bond acceptors (Lipinski definition) is 5. The quantitative estimate of drug-likeness (QED) is 0.592. The van der Waals surface area contributed by atoms with Crippen LogP contribution in [0.4, 0.5) is 5.69 Å². The van der Waals surface area contributed by atoms with E-state index in [1.807, 2.05) is 44.2 Å². The molecule has 3 aliphatic rings. The molecule has 0 bridgehead atoms. The van der Waals surface area contributed by atoms with Crippen molar-refractivity contribution in [3.63, 3.8) is 0 Å². The van der Waals surface area contributed by atoms with Crippen LogP contribution in [0, 0.1) is 25.7 Å². The molecule has 7 nitrogen and oxygen atoms in total. The molecule has 0 unspecified atom stereocenters. The van der Waals surface area contributed by atoms with E-state index in [0.29, 0.717) is 26.1 Å². The number of anilines is 1. The number of rotatable bonds is 5. The number of likely N-dealkylation sites (tertiary alicyclic amines) is 1. The Morgan fingerprint density at radius 2 is 1.47 bits per heavy atom. The molecule has 2 fully saturated rings. The van der Waals surface area contributed by atoms with E-state index in [-0.39, 0.29) is 29.6 Å². The summed E-state index contributed by atoms with van der Waals surface area (Å²) in [4.78, 5) is 43.5. The molecule has 160 valence electrons. The number of benzene rings is 1. The van der Waals surface area contributed by atoms with Gasteiger partial charge in [-0.15, -0.1) is 0 Å². The number of aryl methyl sites for hydroxylation is 2. The average molecular weight is 411 g/mol. The van der Waals surface area contributed by atoms with Crippen LogP contribution in [0.25, 0.3) is 0 Å². The fourth-order valence-corrected chi connectivity index (χ4v) is 4.69. The van der Waals surface area contributed by atoms with Gasteiger partial charge in [-0.2, -0.15) is 0 Å². The molecule has 1 N–H and O–H groups in total. The Kier molecular flexibility index (Phi) is 6.01. The Hall–Kier alpha value is -2.51. The number of para-hydroxylation sites is 1. The van der Waals surface area contributed by atoms with Crippen LogP contribution in [0.3, 0.4) is 0 Å². The van der Waals surface area contributed by atoms with Gasteiger partial charge in [-0.25, -0.2) is 0 Å². The van der Waals surface area contributed by atoms with Crippen LogP contribution >= 0.6 is 0 Å². The molecule has 30 heavy (non-hydrogen) atoms. The van der Waals surface area contributed by atoms with Gasteiger partial charge in [-0.3, -0.25) is 29.1 Å². The Morgan fingerprint density at radius 3 is 2.03 bits per heavy atom. The molecule has 4 rings (SSSR count). The maximum atomic E-state index is 12.6. The number of carbonyl (C=O) groups excluding carboxylic acids is 3. The fraction of sp³-hybridized carbons (Fsp3) is 0.522. The summed E-state index contributed by atoms with van der Waals surface area (Å²) in [6.45, 7) is 7.66. The van der Waals surface area contributed by atoms with Gasteiger partial charge in [0, 0.05) is 31.9 Å². The molecule has 3 amide bonds. The van der Waals surface area contributed by atoms with Gasteiger partial charge in [0.05, 0.1) is 25.0 Å². The molecule has 0 spiro atoms. The minimum atomic E-state index is -0.169. The second-order valence-electron chi connectivity index (χ2n) is 8.61. The van der Waals surface area contributed by atoms with Crippen molar-refractivity contribution < 1.29 is 14.4 Å². The molecule has 0 saturated carbocycles. The van der Waals surface area contributed by atoms with E-state index in [1.54, 1.807) is 0 Å². The van der Waals surface area contributed by atoms with Gasteiger partial charge in [-0.1, -0.05) is 30.4 Å². The smallest absolute Gasteiger partial charge is 0.238 e. The monoisotopic (exact) mass is 410 g/mol. The highest BCUT2D eigenvalue weighted by Gasteiger charge is 2.47. The standard InChI is InChI=1S/C23H30N4O3/c1-16-6-5-7-17(2)21(16)24-20(28)14-25-10-12-26(13-11-25)15-27-22(29)18-8-3-4-9-19(18)23(27)30/h3-7,18-19H,8-15H2,1-2H3,(H,24,28)/t18-,19+. The first-order valence-electron chi connectivity index (χ1n) is 10.7. The van der Waals surface area contributed by atoms with Crippen molar-refractivity contribution >= 4 is 23.4 Å². The minimum Gasteiger partial charge on any atom is -0.324 e. The van der Waals surface area contributed by atoms with Gasteiger partial charge in [0.15, 0.2) is 0 Å². The van der Waals surface area contributed by atoms with Gasteiger partial charge >= 0.3 is 0 Å². The molecule has 2 atom stereocenters. The molecule has 2 heterocycles. The summed E-state index contributed by atoms with van der Waals surface area (Å²) in [5, 5.41) is 3.04. The summed E-state index contributed by atoms with van der Waals surface area (Å²) in [5.74, 6) is -0.397. The van der Waals surface area contributed by atoms with Crippen molar-refractivity contribution in [2.24, 2.45) is 11.8 Å². The average Bonchev–Trinajstić information content (AvgIpc) is 2.97. The molecular weight excluding hydrogens is 380 g/mol. The van der Waals surface area contributed by atoms with Crippen LogP contribution in [0.15, 0.2) is 30.4 Å². The highest BCUT2D eigenvalue weighted by atomic mass is 16.2. The van der Waals surface area contributed by atoms with E-state index >= 15 is 0 Å². The third-order valence-corrected chi connectivity index (χ3v) is 6.52. The third kappa shape index (κ3) is 4.18. The maximum Gasteiger partial charge on any atom is 0.238 e. The first kappa shape index (κ1) is 20.8. The van der Waals surface area contributed by atoms with E-state index in [4.69, 9.17) is 0 Å². The van der Waals surface area contributed by atoms with Crippen LogP contribution in [0.2, 0.25) is 0 Å². The Morgan fingerprint density at radius 1 is 0.933 bits per heavy atom. The minimum absolute atomic E-state index is 0.0117. The van der Waals surface area contributed by atoms with Gasteiger partial charge < -0.3 is 5.32 Å². The second-order valence-corrected chi connectivity index (χ2v) is 8.61. The normalized spacial score (nSPS) is 24.9. The molecule has 1 aromatic rings. The molecular formula is C23H30N4O3. The number of piperazine rings is 1. The number of imide groups is 1. The van der Waals surface area contributed by atoms with Crippen molar-refractivity contribution in [2.75, 3.05) is 44.7 Å². The zero-order valence-electron chi connectivity index (χ0n) is 17.8. The molecule has 2 saturated heterocycles. The lowest BCUT2D eigenvalue weighted by Gasteiger charge is -2.35. The van der Waals surface area contributed by atoms with Crippen molar-refractivity contribution in [1.82, 2.24) is 14.7 Å². The first-order chi connectivity index (χ1) is 14.4. The number of nitrogens with zero attached hydrogens (tertiary/aromatic N) is 3. The number of fused-ring (bicyclic) bond motifs is 1. The summed E-state index contributed by atoms with van der Waals surface area (Å²) in [6.07, 6.45) is 5.38. The van der Waals surface area contributed by atoms with Crippen LogP contribution < -0.4 is 5.32 Å². The highest BCUT2D eigenvalue weighted by molar-refractivity contribution is 6.05. The lowest BCUT2D eigenvalue weighted by Crippen LogP contribution is -2.52. The predicted octanol–water partition coefficient (Wildman–Crippen LogP) is 1.77.